The maximum atomic E-state index is 12.6. The van der Waals surface area contributed by atoms with Crippen LogP contribution in [0.5, 0.6) is 11.5 Å². The number of likely N-dealkylation sites (tertiary alicyclic amines) is 1. The Bertz CT molecular complexity index is 1030. The first kappa shape index (κ1) is 25.9. The van der Waals surface area contributed by atoms with Crippen LogP contribution in [0.25, 0.3) is 0 Å². The molecule has 1 aliphatic rings. The van der Waals surface area contributed by atoms with E-state index in [9.17, 15) is 31.9 Å². The van der Waals surface area contributed by atoms with Gasteiger partial charge in [-0.3, -0.25) is 9.59 Å². The van der Waals surface area contributed by atoms with Gasteiger partial charge in [-0.1, -0.05) is 0 Å². The topological polar surface area (TPSA) is 94.2 Å². The third kappa shape index (κ3) is 6.92. The zero-order valence-electron chi connectivity index (χ0n) is 18.5. The Morgan fingerprint density at radius 3 is 2.14 bits per heavy atom. The van der Waals surface area contributed by atoms with Crippen LogP contribution in [0.2, 0.25) is 0 Å². The van der Waals surface area contributed by atoms with Crippen molar-refractivity contribution in [3.63, 3.8) is 0 Å². The quantitative estimate of drug-likeness (QED) is 0.420. The molecule has 2 aromatic rings. The van der Waals surface area contributed by atoms with Crippen molar-refractivity contribution < 1.29 is 46.2 Å². The number of alkyl halides is 4. The minimum absolute atomic E-state index is 0.136. The van der Waals surface area contributed by atoms with Crippen LogP contribution >= 0.6 is 0 Å². The van der Waals surface area contributed by atoms with Crippen molar-refractivity contribution in [3.8, 4) is 11.5 Å². The van der Waals surface area contributed by atoms with E-state index in [1.54, 1.807) is 0 Å². The number of halogens is 4. The monoisotopic (exact) mass is 498 g/mol. The van der Waals surface area contributed by atoms with E-state index in [4.69, 9.17) is 4.74 Å². The van der Waals surface area contributed by atoms with Gasteiger partial charge in [-0.05, 0) is 48.5 Å². The van der Waals surface area contributed by atoms with Gasteiger partial charge in [0.1, 0.15) is 17.5 Å². The SMILES string of the molecule is COC(=O)[C@@H]1C[C@@H](OC(F)F)CN1C(=O)CNC(=O)c1ccc(Oc2ccc(C(F)F)cc2)cc1. The Morgan fingerprint density at radius 2 is 1.60 bits per heavy atom. The predicted molar refractivity (Wildman–Crippen MR) is 113 cm³/mol. The summed E-state index contributed by atoms with van der Waals surface area (Å²) < 4.78 is 64.9. The Balaban J connectivity index is 1.55. The first-order valence-corrected chi connectivity index (χ1v) is 10.4. The zero-order chi connectivity index (χ0) is 25.5. The molecule has 35 heavy (non-hydrogen) atoms. The number of benzene rings is 2. The molecule has 12 heteroatoms. The van der Waals surface area contributed by atoms with E-state index in [0.29, 0.717) is 11.5 Å². The maximum absolute atomic E-state index is 12.6. The lowest BCUT2D eigenvalue weighted by molar-refractivity contribution is -0.160. The number of methoxy groups -OCH3 is 1. The van der Waals surface area contributed by atoms with Crippen LogP contribution in [0.1, 0.15) is 28.8 Å². The summed E-state index contributed by atoms with van der Waals surface area (Å²) in [6.07, 6.45) is -3.78. The Kier molecular flexibility index (Phi) is 8.63. The van der Waals surface area contributed by atoms with Gasteiger partial charge in [-0.2, -0.15) is 8.78 Å². The second kappa shape index (κ2) is 11.6. The second-order valence-electron chi connectivity index (χ2n) is 7.52. The van der Waals surface area contributed by atoms with E-state index in [1.165, 1.54) is 48.5 Å². The summed E-state index contributed by atoms with van der Waals surface area (Å²) in [6, 6.07) is 10.0. The molecule has 0 spiro atoms. The summed E-state index contributed by atoms with van der Waals surface area (Å²) in [5, 5.41) is 2.41. The normalized spacial score (nSPS) is 17.5. The van der Waals surface area contributed by atoms with Gasteiger partial charge in [0.2, 0.25) is 5.91 Å². The summed E-state index contributed by atoms with van der Waals surface area (Å²) in [4.78, 5) is 37.9. The van der Waals surface area contributed by atoms with Crippen molar-refractivity contribution in [2.75, 3.05) is 20.2 Å². The molecule has 188 valence electrons. The number of rotatable bonds is 9. The molecule has 2 amide bonds. The van der Waals surface area contributed by atoms with Gasteiger partial charge in [0, 0.05) is 24.1 Å². The predicted octanol–water partition coefficient (Wildman–Crippen LogP) is 3.53. The molecule has 1 fully saturated rings. The van der Waals surface area contributed by atoms with Crippen LogP contribution in [0.4, 0.5) is 17.6 Å². The summed E-state index contributed by atoms with van der Waals surface area (Å²) in [7, 11) is 1.11. The highest BCUT2D eigenvalue weighted by Gasteiger charge is 2.41. The lowest BCUT2D eigenvalue weighted by Gasteiger charge is -2.22. The number of esters is 1. The molecular formula is C23H22F4N2O6. The van der Waals surface area contributed by atoms with E-state index in [2.05, 4.69) is 14.8 Å². The average Bonchev–Trinajstić information content (AvgIpc) is 3.25. The number of carbonyl (C=O) groups excluding carboxylic acids is 3. The van der Waals surface area contributed by atoms with Gasteiger partial charge in [0.05, 0.1) is 19.8 Å². The fourth-order valence-electron chi connectivity index (χ4n) is 3.53. The molecule has 0 aromatic heterocycles. The molecule has 0 aliphatic carbocycles. The molecule has 2 atom stereocenters. The lowest BCUT2D eigenvalue weighted by atomic mass is 10.2. The molecular weight excluding hydrogens is 476 g/mol. The van der Waals surface area contributed by atoms with Crippen molar-refractivity contribution in [3.05, 3.63) is 59.7 Å². The third-order valence-corrected chi connectivity index (χ3v) is 5.24. The molecule has 0 saturated carbocycles. The van der Waals surface area contributed by atoms with Crippen molar-refractivity contribution in [1.29, 1.82) is 0 Å². The second-order valence-corrected chi connectivity index (χ2v) is 7.52. The Labute approximate surface area is 197 Å². The van der Waals surface area contributed by atoms with Gasteiger partial charge in [-0.15, -0.1) is 0 Å². The third-order valence-electron chi connectivity index (χ3n) is 5.24. The molecule has 1 aliphatic heterocycles. The number of carbonyl (C=O) groups is 3. The van der Waals surface area contributed by atoms with Gasteiger partial charge >= 0.3 is 12.6 Å². The number of hydrogen-bond acceptors (Lipinski definition) is 6. The first-order valence-electron chi connectivity index (χ1n) is 10.4. The van der Waals surface area contributed by atoms with Crippen LogP contribution in [0.15, 0.2) is 48.5 Å². The van der Waals surface area contributed by atoms with Crippen molar-refractivity contribution in [2.45, 2.75) is 31.6 Å². The van der Waals surface area contributed by atoms with E-state index in [-0.39, 0.29) is 24.1 Å². The fraction of sp³-hybridized carbons (Fsp3) is 0.348. The minimum Gasteiger partial charge on any atom is -0.467 e. The summed E-state index contributed by atoms with van der Waals surface area (Å²) in [6.45, 7) is -3.79. The Morgan fingerprint density at radius 1 is 1.00 bits per heavy atom. The molecule has 3 rings (SSSR count). The van der Waals surface area contributed by atoms with E-state index < -0.39 is 49.5 Å². The molecule has 0 radical (unpaired) electrons. The van der Waals surface area contributed by atoms with Crippen molar-refractivity contribution >= 4 is 17.8 Å². The van der Waals surface area contributed by atoms with Crippen LogP contribution in [-0.2, 0) is 19.1 Å². The molecule has 1 heterocycles. The summed E-state index contributed by atoms with van der Waals surface area (Å²) >= 11 is 0. The number of hydrogen-bond donors (Lipinski definition) is 1. The van der Waals surface area contributed by atoms with Crippen molar-refractivity contribution in [2.24, 2.45) is 0 Å². The largest absolute Gasteiger partial charge is 0.467 e. The molecule has 2 aromatic carbocycles. The minimum atomic E-state index is -3.06. The van der Waals surface area contributed by atoms with Gasteiger partial charge in [0.25, 0.3) is 12.3 Å². The van der Waals surface area contributed by atoms with Crippen LogP contribution in [0.3, 0.4) is 0 Å². The number of amides is 2. The average molecular weight is 498 g/mol. The lowest BCUT2D eigenvalue weighted by Crippen LogP contribution is -2.46. The summed E-state index contributed by atoms with van der Waals surface area (Å²) in [5.74, 6) is -1.35. The standard InChI is InChI=1S/C23H22F4N2O6/c1-33-22(32)18-10-17(35-23(26)27)12-29(18)19(30)11-28-21(31)14-4-8-16(9-5-14)34-15-6-2-13(3-7-15)20(24)25/h2-9,17-18,20,23H,10-12H2,1H3,(H,28,31)/t17-,18+/m1/s1. The highest BCUT2D eigenvalue weighted by atomic mass is 19.3. The highest BCUT2D eigenvalue weighted by molar-refractivity contribution is 5.97. The zero-order valence-corrected chi connectivity index (χ0v) is 18.5. The molecule has 1 N–H and O–H groups in total. The number of nitrogens with zero attached hydrogens (tertiary/aromatic N) is 1. The highest BCUT2D eigenvalue weighted by Crippen LogP contribution is 2.26. The summed E-state index contributed by atoms with van der Waals surface area (Å²) in [5.41, 5.74) is 0.0610. The van der Waals surface area contributed by atoms with Gasteiger partial charge in [-0.25, -0.2) is 13.6 Å². The van der Waals surface area contributed by atoms with Crippen LogP contribution in [0, 0.1) is 0 Å². The molecule has 8 nitrogen and oxygen atoms in total. The van der Waals surface area contributed by atoms with Gasteiger partial charge < -0.3 is 24.4 Å². The van der Waals surface area contributed by atoms with E-state index in [1.807, 2.05) is 0 Å². The smallest absolute Gasteiger partial charge is 0.345 e. The Hall–Kier alpha value is -3.67. The van der Waals surface area contributed by atoms with Crippen LogP contribution in [-0.4, -0.2) is 61.6 Å². The molecule has 0 bridgehead atoms. The molecule has 1 saturated heterocycles. The maximum Gasteiger partial charge on any atom is 0.345 e. The number of ether oxygens (including phenoxy) is 3. The van der Waals surface area contributed by atoms with Crippen molar-refractivity contribution in [1.82, 2.24) is 10.2 Å². The molecule has 0 unspecified atom stereocenters. The first-order chi connectivity index (χ1) is 16.7. The van der Waals surface area contributed by atoms with Crippen LogP contribution < -0.4 is 10.1 Å². The fourth-order valence-corrected chi connectivity index (χ4v) is 3.53. The van der Waals surface area contributed by atoms with E-state index >= 15 is 0 Å². The number of nitrogens with one attached hydrogen (secondary N) is 1. The van der Waals surface area contributed by atoms with Gasteiger partial charge in [0.15, 0.2) is 0 Å². The van der Waals surface area contributed by atoms with E-state index in [0.717, 1.165) is 12.0 Å².